The highest BCUT2D eigenvalue weighted by atomic mass is 32.2. The maximum atomic E-state index is 5.50. The summed E-state index contributed by atoms with van der Waals surface area (Å²) in [5.41, 5.74) is 7.23. The molecule has 0 aliphatic carbocycles. The average molecular weight is 199 g/mol. The summed E-state index contributed by atoms with van der Waals surface area (Å²) in [5.74, 6) is 0. The molecule has 0 saturated carbocycles. The summed E-state index contributed by atoms with van der Waals surface area (Å²) in [6, 6.07) is 1.86. The van der Waals surface area contributed by atoms with Gasteiger partial charge in [0, 0.05) is 13.7 Å². The van der Waals surface area contributed by atoms with E-state index < -0.39 is 0 Å². The van der Waals surface area contributed by atoms with Crippen molar-refractivity contribution in [2.75, 3.05) is 13.4 Å². The molecule has 0 bridgehead atoms. The summed E-state index contributed by atoms with van der Waals surface area (Å²) in [5, 5.41) is 0.745. The Morgan fingerprint density at radius 3 is 2.69 bits per heavy atom. The molecule has 1 rings (SSSR count). The predicted molar refractivity (Wildman–Crippen MR) is 52.4 cm³/mol. The Bertz CT molecular complexity index is 258. The lowest BCUT2D eigenvalue weighted by atomic mass is 10.3. The average Bonchev–Trinajstić information content (AvgIpc) is 2.17. The highest BCUT2D eigenvalue weighted by molar-refractivity contribution is 7.98. The van der Waals surface area contributed by atoms with Gasteiger partial charge in [-0.1, -0.05) is 11.8 Å². The lowest BCUT2D eigenvalue weighted by Gasteiger charge is -2.03. The van der Waals surface area contributed by atoms with Crippen LogP contribution in [0.5, 0.6) is 0 Å². The van der Waals surface area contributed by atoms with Gasteiger partial charge in [-0.15, -0.1) is 0 Å². The molecule has 0 saturated heterocycles. The Hall–Kier alpha value is -0.650. The van der Waals surface area contributed by atoms with Crippen LogP contribution in [0.15, 0.2) is 11.2 Å². The van der Waals surface area contributed by atoms with Crippen molar-refractivity contribution in [2.24, 2.45) is 5.73 Å². The van der Waals surface area contributed by atoms with Gasteiger partial charge in [0.1, 0.15) is 0 Å². The fraction of sp³-hybridized carbons (Fsp3) is 0.500. The molecule has 1 aromatic rings. The molecule has 1 heterocycles. The summed E-state index contributed by atoms with van der Waals surface area (Å²) in [6.45, 7) is 0.940. The van der Waals surface area contributed by atoms with Crippen molar-refractivity contribution < 1.29 is 4.74 Å². The van der Waals surface area contributed by atoms with Gasteiger partial charge in [0.2, 0.25) is 0 Å². The molecule has 2 N–H and O–H groups in total. The highest BCUT2D eigenvalue weighted by Gasteiger charge is 2.02. The molecule has 0 aromatic carbocycles. The molecule has 0 atom stereocenters. The third-order valence-corrected chi connectivity index (χ3v) is 2.04. The molecule has 0 unspecified atom stereocenters. The Balaban J connectivity index is 2.93. The first kappa shape index (κ1) is 10.4. The van der Waals surface area contributed by atoms with Crippen LogP contribution in [-0.2, 0) is 17.9 Å². The Kier molecular flexibility index (Phi) is 4.14. The summed E-state index contributed by atoms with van der Waals surface area (Å²) < 4.78 is 4.99. The lowest BCUT2D eigenvalue weighted by Crippen LogP contribution is -2.04. The number of thioether (sulfide) groups is 1. The van der Waals surface area contributed by atoms with Crippen LogP contribution in [-0.4, -0.2) is 23.3 Å². The number of aromatic nitrogens is 2. The van der Waals surface area contributed by atoms with Gasteiger partial charge in [0.15, 0.2) is 5.16 Å². The van der Waals surface area contributed by atoms with Gasteiger partial charge in [0.05, 0.1) is 18.0 Å². The van der Waals surface area contributed by atoms with Crippen LogP contribution in [0, 0.1) is 0 Å². The Morgan fingerprint density at radius 2 is 2.15 bits per heavy atom. The van der Waals surface area contributed by atoms with Gasteiger partial charge in [0.25, 0.3) is 0 Å². The van der Waals surface area contributed by atoms with E-state index in [9.17, 15) is 0 Å². The zero-order valence-corrected chi connectivity index (χ0v) is 8.60. The van der Waals surface area contributed by atoms with Crippen LogP contribution < -0.4 is 5.73 Å². The Morgan fingerprint density at radius 1 is 1.46 bits per heavy atom. The van der Waals surface area contributed by atoms with Crippen molar-refractivity contribution in [1.29, 1.82) is 0 Å². The van der Waals surface area contributed by atoms with E-state index >= 15 is 0 Å². The summed E-state index contributed by atoms with van der Waals surface area (Å²) in [6.07, 6.45) is 1.94. The summed E-state index contributed by atoms with van der Waals surface area (Å²) in [7, 11) is 1.64. The first-order valence-electron chi connectivity index (χ1n) is 3.90. The standard InChI is InChI=1S/C8H13N3OS/c1-12-5-7-3-6(4-9)10-8(11-7)13-2/h3H,4-5,9H2,1-2H3. The molecule has 0 spiro atoms. The number of hydrogen-bond donors (Lipinski definition) is 1. The van der Waals surface area contributed by atoms with Crippen LogP contribution >= 0.6 is 11.8 Å². The van der Waals surface area contributed by atoms with Gasteiger partial charge in [-0.2, -0.15) is 0 Å². The molecule has 13 heavy (non-hydrogen) atoms. The molecule has 4 nitrogen and oxygen atoms in total. The van der Waals surface area contributed by atoms with Gasteiger partial charge < -0.3 is 10.5 Å². The number of nitrogens with two attached hydrogens (primary N) is 1. The molecular formula is C8H13N3OS. The molecule has 0 radical (unpaired) electrons. The van der Waals surface area contributed by atoms with E-state index in [1.165, 1.54) is 11.8 Å². The van der Waals surface area contributed by atoms with Crippen LogP contribution in [0.25, 0.3) is 0 Å². The maximum Gasteiger partial charge on any atom is 0.187 e. The van der Waals surface area contributed by atoms with Crippen molar-refractivity contribution in [3.05, 3.63) is 17.5 Å². The minimum atomic E-state index is 0.437. The number of rotatable bonds is 4. The van der Waals surface area contributed by atoms with E-state index in [0.717, 1.165) is 16.5 Å². The van der Waals surface area contributed by atoms with Crippen LogP contribution in [0.3, 0.4) is 0 Å². The molecule has 0 aliphatic heterocycles. The van der Waals surface area contributed by atoms with Gasteiger partial charge in [-0.3, -0.25) is 0 Å². The van der Waals surface area contributed by atoms with Gasteiger partial charge in [-0.25, -0.2) is 9.97 Å². The second-order valence-electron chi connectivity index (χ2n) is 2.47. The van der Waals surface area contributed by atoms with E-state index in [2.05, 4.69) is 9.97 Å². The van der Waals surface area contributed by atoms with Crippen LogP contribution in [0.4, 0.5) is 0 Å². The lowest BCUT2D eigenvalue weighted by molar-refractivity contribution is 0.180. The molecule has 0 amide bonds. The fourth-order valence-corrected chi connectivity index (χ4v) is 1.36. The summed E-state index contributed by atoms with van der Waals surface area (Å²) in [4.78, 5) is 8.48. The SMILES string of the molecule is COCc1cc(CN)nc(SC)n1. The normalized spacial score (nSPS) is 10.4. The van der Waals surface area contributed by atoms with E-state index in [0.29, 0.717) is 13.2 Å². The third-order valence-electron chi connectivity index (χ3n) is 1.50. The quantitative estimate of drug-likeness (QED) is 0.574. The minimum Gasteiger partial charge on any atom is -0.378 e. The number of hydrogen-bond acceptors (Lipinski definition) is 5. The molecule has 72 valence electrons. The molecule has 0 aliphatic rings. The van der Waals surface area contributed by atoms with Crippen molar-refractivity contribution in [1.82, 2.24) is 9.97 Å². The van der Waals surface area contributed by atoms with Gasteiger partial charge >= 0.3 is 0 Å². The minimum absolute atomic E-state index is 0.437. The second-order valence-corrected chi connectivity index (χ2v) is 3.25. The molecule has 1 aromatic heterocycles. The topological polar surface area (TPSA) is 61.0 Å². The molecule has 0 fully saturated rings. The maximum absolute atomic E-state index is 5.50. The molecular weight excluding hydrogens is 186 g/mol. The van der Waals surface area contributed by atoms with E-state index in [4.69, 9.17) is 10.5 Å². The third kappa shape index (κ3) is 2.95. The monoisotopic (exact) mass is 199 g/mol. The van der Waals surface area contributed by atoms with E-state index in [1.807, 2.05) is 12.3 Å². The van der Waals surface area contributed by atoms with E-state index in [1.54, 1.807) is 7.11 Å². The Labute approximate surface area is 81.9 Å². The van der Waals surface area contributed by atoms with Crippen molar-refractivity contribution >= 4 is 11.8 Å². The zero-order valence-electron chi connectivity index (χ0n) is 7.78. The summed E-state index contributed by atoms with van der Waals surface area (Å²) >= 11 is 1.51. The first-order valence-corrected chi connectivity index (χ1v) is 5.12. The van der Waals surface area contributed by atoms with Crippen molar-refractivity contribution in [3.8, 4) is 0 Å². The molecule has 5 heteroatoms. The first-order chi connectivity index (χ1) is 6.30. The van der Waals surface area contributed by atoms with Crippen LogP contribution in [0.2, 0.25) is 0 Å². The zero-order chi connectivity index (χ0) is 9.68. The van der Waals surface area contributed by atoms with Crippen LogP contribution in [0.1, 0.15) is 11.4 Å². The van der Waals surface area contributed by atoms with Crippen molar-refractivity contribution in [3.63, 3.8) is 0 Å². The number of nitrogens with zero attached hydrogens (tertiary/aromatic N) is 2. The fourth-order valence-electron chi connectivity index (χ4n) is 0.945. The van der Waals surface area contributed by atoms with E-state index in [-0.39, 0.29) is 0 Å². The highest BCUT2D eigenvalue weighted by Crippen LogP contribution is 2.11. The van der Waals surface area contributed by atoms with Gasteiger partial charge in [-0.05, 0) is 12.3 Å². The number of methoxy groups -OCH3 is 1. The predicted octanol–water partition coefficient (Wildman–Crippen LogP) is 0.804. The second kappa shape index (κ2) is 5.16. The largest absolute Gasteiger partial charge is 0.378 e. The smallest absolute Gasteiger partial charge is 0.187 e. The van der Waals surface area contributed by atoms with Crippen molar-refractivity contribution in [2.45, 2.75) is 18.3 Å². The number of ether oxygens (including phenoxy) is 1.